The zero-order valence-electron chi connectivity index (χ0n) is 11.0. The predicted octanol–water partition coefficient (Wildman–Crippen LogP) is -0.335. The fraction of sp³-hybridized carbons (Fsp3) is 0.727. The minimum Gasteiger partial charge on any atom is -0.392 e. The Kier molecular flexibility index (Phi) is 4.56. The van der Waals surface area contributed by atoms with Crippen LogP contribution in [0.3, 0.4) is 0 Å². The molecule has 0 radical (unpaired) electrons. The average Bonchev–Trinajstić information content (AvgIpc) is 2.97. The standard InChI is InChI=1S/C11H20N4O3S/c1-9(7-15-4-2-3-5-15)14-19(17,18)11-10(8-16)6-12-13-11/h6,9,14,16H,2-5,7-8H2,1H3,(H,12,13). The smallest absolute Gasteiger partial charge is 0.258 e. The van der Waals surface area contributed by atoms with E-state index in [9.17, 15) is 8.42 Å². The SMILES string of the molecule is CC(CN1CCCC1)NS(=O)(=O)c1[nH]ncc1CO. The number of aromatic nitrogens is 2. The second-order valence-electron chi connectivity index (χ2n) is 4.91. The molecule has 1 aromatic rings. The van der Waals surface area contributed by atoms with Crippen LogP contribution in [0.25, 0.3) is 0 Å². The third-order valence-corrected chi connectivity index (χ3v) is 4.81. The van der Waals surface area contributed by atoms with Gasteiger partial charge < -0.3 is 10.0 Å². The fourth-order valence-electron chi connectivity index (χ4n) is 2.36. The van der Waals surface area contributed by atoms with Gasteiger partial charge in [-0.2, -0.15) is 5.10 Å². The molecule has 0 saturated carbocycles. The molecule has 0 bridgehead atoms. The van der Waals surface area contributed by atoms with Crippen LogP contribution in [-0.4, -0.2) is 54.3 Å². The highest BCUT2D eigenvalue weighted by Crippen LogP contribution is 2.13. The Balaban J connectivity index is 2.00. The van der Waals surface area contributed by atoms with Crippen LogP contribution in [0.4, 0.5) is 0 Å². The van der Waals surface area contributed by atoms with Gasteiger partial charge in [0, 0.05) is 18.2 Å². The summed E-state index contributed by atoms with van der Waals surface area (Å²) >= 11 is 0. The van der Waals surface area contributed by atoms with E-state index < -0.39 is 10.0 Å². The number of nitrogens with zero attached hydrogens (tertiary/aromatic N) is 2. The highest BCUT2D eigenvalue weighted by atomic mass is 32.2. The van der Waals surface area contributed by atoms with E-state index in [2.05, 4.69) is 19.8 Å². The first-order chi connectivity index (χ1) is 9.03. The monoisotopic (exact) mass is 288 g/mol. The molecular weight excluding hydrogens is 268 g/mol. The second-order valence-corrected chi connectivity index (χ2v) is 6.56. The van der Waals surface area contributed by atoms with Gasteiger partial charge in [0.05, 0.1) is 12.8 Å². The van der Waals surface area contributed by atoms with Crippen molar-refractivity contribution in [3.63, 3.8) is 0 Å². The topological polar surface area (TPSA) is 98.3 Å². The molecule has 2 heterocycles. The molecule has 8 heteroatoms. The number of H-pyrrole nitrogens is 1. The first kappa shape index (κ1) is 14.4. The van der Waals surface area contributed by atoms with Crippen LogP contribution in [0.5, 0.6) is 0 Å². The summed E-state index contributed by atoms with van der Waals surface area (Å²) in [7, 11) is -3.66. The van der Waals surface area contributed by atoms with Crippen molar-refractivity contribution in [2.45, 2.75) is 37.4 Å². The number of aromatic amines is 1. The maximum Gasteiger partial charge on any atom is 0.258 e. The molecule has 0 aromatic carbocycles. The first-order valence-electron chi connectivity index (χ1n) is 6.40. The largest absolute Gasteiger partial charge is 0.392 e. The van der Waals surface area contributed by atoms with Crippen LogP contribution in [0.2, 0.25) is 0 Å². The zero-order chi connectivity index (χ0) is 13.9. The van der Waals surface area contributed by atoms with Gasteiger partial charge in [-0.15, -0.1) is 0 Å². The minimum absolute atomic E-state index is 0.0525. The summed E-state index contributed by atoms with van der Waals surface area (Å²) in [4.78, 5) is 2.24. The van der Waals surface area contributed by atoms with E-state index in [1.54, 1.807) is 0 Å². The van der Waals surface area contributed by atoms with Crippen LogP contribution in [0, 0.1) is 0 Å². The lowest BCUT2D eigenvalue weighted by atomic mass is 10.3. The van der Waals surface area contributed by atoms with Crippen LogP contribution in [-0.2, 0) is 16.6 Å². The van der Waals surface area contributed by atoms with Gasteiger partial charge in [-0.3, -0.25) is 5.10 Å². The summed E-state index contributed by atoms with van der Waals surface area (Å²) in [5, 5.41) is 15.1. The lowest BCUT2D eigenvalue weighted by molar-refractivity contribution is 0.278. The molecule has 2 rings (SSSR count). The number of rotatable bonds is 6. The molecule has 108 valence electrons. The number of hydrogen-bond acceptors (Lipinski definition) is 5. The Morgan fingerprint density at radius 3 is 2.84 bits per heavy atom. The molecule has 0 aliphatic carbocycles. The summed E-state index contributed by atoms with van der Waals surface area (Å²) in [6, 6.07) is -0.182. The highest BCUT2D eigenvalue weighted by molar-refractivity contribution is 7.89. The Morgan fingerprint density at radius 2 is 2.21 bits per heavy atom. The molecule has 1 atom stereocenters. The van der Waals surface area contributed by atoms with Crippen molar-refractivity contribution in [2.75, 3.05) is 19.6 Å². The van der Waals surface area contributed by atoms with Gasteiger partial charge in [0.25, 0.3) is 10.0 Å². The summed E-state index contributed by atoms with van der Waals surface area (Å²) in [5.74, 6) is 0. The van der Waals surface area contributed by atoms with E-state index in [1.165, 1.54) is 19.0 Å². The van der Waals surface area contributed by atoms with Gasteiger partial charge in [0.15, 0.2) is 5.03 Å². The van der Waals surface area contributed by atoms with Crippen molar-refractivity contribution in [1.82, 2.24) is 19.8 Å². The lowest BCUT2D eigenvalue weighted by Crippen LogP contribution is -2.41. The molecule has 3 N–H and O–H groups in total. The second kappa shape index (κ2) is 6.00. The molecule has 0 spiro atoms. The van der Waals surface area contributed by atoms with Crippen LogP contribution < -0.4 is 4.72 Å². The number of aliphatic hydroxyl groups excluding tert-OH is 1. The van der Waals surface area contributed by atoms with E-state index in [0.717, 1.165) is 13.1 Å². The van der Waals surface area contributed by atoms with Crippen molar-refractivity contribution in [2.24, 2.45) is 0 Å². The van der Waals surface area contributed by atoms with Crippen molar-refractivity contribution >= 4 is 10.0 Å². The van der Waals surface area contributed by atoms with E-state index in [1.807, 2.05) is 6.92 Å². The van der Waals surface area contributed by atoms with Crippen molar-refractivity contribution in [1.29, 1.82) is 0 Å². The Labute approximate surface area is 113 Å². The quantitative estimate of drug-likeness (QED) is 0.665. The van der Waals surface area contributed by atoms with Gasteiger partial charge in [0.2, 0.25) is 0 Å². The van der Waals surface area contributed by atoms with Crippen LogP contribution in [0.15, 0.2) is 11.2 Å². The van der Waals surface area contributed by atoms with E-state index >= 15 is 0 Å². The number of sulfonamides is 1. The zero-order valence-corrected chi connectivity index (χ0v) is 11.8. The minimum atomic E-state index is -3.66. The van der Waals surface area contributed by atoms with E-state index in [4.69, 9.17) is 5.11 Å². The summed E-state index contributed by atoms with van der Waals surface area (Å²) in [6.45, 7) is 4.23. The van der Waals surface area contributed by atoms with Crippen molar-refractivity contribution < 1.29 is 13.5 Å². The summed E-state index contributed by atoms with van der Waals surface area (Å²) < 4.78 is 26.9. The summed E-state index contributed by atoms with van der Waals surface area (Å²) in [5.41, 5.74) is 0.279. The molecule has 0 amide bonds. The number of hydrogen-bond donors (Lipinski definition) is 3. The maximum absolute atomic E-state index is 12.1. The van der Waals surface area contributed by atoms with Gasteiger partial charge in [-0.05, 0) is 32.9 Å². The molecule has 1 aromatic heterocycles. The molecule has 1 unspecified atom stereocenters. The van der Waals surface area contributed by atoms with E-state index in [-0.39, 0.29) is 23.2 Å². The number of nitrogens with one attached hydrogen (secondary N) is 2. The Bertz CT molecular complexity index is 508. The molecule has 1 aliphatic heterocycles. The molecular formula is C11H20N4O3S. The average molecular weight is 288 g/mol. The highest BCUT2D eigenvalue weighted by Gasteiger charge is 2.24. The molecule has 7 nitrogen and oxygen atoms in total. The molecule has 1 saturated heterocycles. The molecule has 1 fully saturated rings. The molecule has 1 aliphatic rings. The van der Waals surface area contributed by atoms with Crippen molar-refractivity contribution in [3.8, 4) is 0 Å². The Morgan fingerprint density at radius 1 is 1.53 bits per heavy atom. The normalized spacial score (nSPS) is 18.8. The van der Waals surface area contributed by atoms with Crippen LogP contribution >= 0.6 is 0 Å². The van der Waals surface area contributed by atoms with Gasteiger partial charge in [-0.25, -0.2) is 13.1 Å². The van der Waals surface area contributed by atoms with Crippen molar-refractivity contribution in [3.05, 3.63) is 11.8 Å². The maximum atomic E-state index is 12.1. The van der Waals surface area contributed by atoms with Gasteiger partial charge in [-0.1, -0.05) is 0 Å². The first-order valence-corrected chi connectivity index (χ1v) is 7.89. The summed E-state index contributed by atoms with van der Waals surface area (Å²) in [6.07, 6.45) is 3.67. The lowest BCUT2D eigenvalue weighted by Gasteiger charge is -2.20. The molecule has 19 heavy (non-hydrogen) atoms. The third kappa shape index (κ3) is 3.53. The number of aliphatic hydroxyl groups is 1. The van der Waals surface area contributed by atoms with E-state index in [0.29, 0.717) is 6.54 Å². The number of likely N-dealkylation sites (tertiary alicyclic amines) is 1. The fourth-order valence-corrected chi connectivity index (χ4v) is 3.72. The predicted molar refractivity (Wildman–Crippen MR) is 70.0 cm³/mol. The van der Waals surface area contributed by atoms with Gasteiger partial charge in [0.1, 0.15) is 0 Å². The van der Waals surface area contributed by atoms with Gasteiger partial charge >= 0.3 is 0 Å². The van der Waals surface area contributed by atoms with Crippen LogP contribution in [0.1, 0.15) is 25.3 Å². The third-order valence-electron chi connectivity index (χ3n) is 3.20. The Hall–Kier alpha value is -0.960.